The van der Waals surface area contributed by atoms with Gasteiger partial charge in [0, 0.05) is 29.5 Å². The van der Waals surface area contributed by atoms with E-state index in [1.165, 1.54) is 5.39 Å². The molecule has 0 saturated heterocycles. The molecule has 1 N–H and O–H groups in total. The van der Waals surface area contributed by atoms with Crippen molar-refractivity contribution < 1.29 is 4.79 Å². The molecule has 0 amide bonds. The first kappa shape index (κ1) is 17.5. The summed E-state index contributed by atoms with van der Waals surface area (Å²) in [5, 5.41) is 1.18. The maximum absolute atomic E-state index is 13.0. The Morgan fingerprint density at radius 3 is 2.48 bits per heavy atom. The molecule has 3 aromatic carbocycles. The van der Waals surface area contributed by atoms with Crippen LogP contribution in [0.1, 0.15) is 45.4 Å². The smallest absolute Gasteiger partial charge is 0.163 e. The maximum Gasteiger partial charge on any atom is 0.163 e. The number of rotatable bonds is 4. The number of nitrogens with one attached hydrogen (secondary N) is 1. The highest BCUT2D eigenvalue weighted by molar-refractivity contribution is 5.99. The van der Waals surface area contributed by atoms with Gasteiger partial charge in [-0.15, -0.1) is 0 Å². The minimum atomic E-state index is -0.0270. The Morgan fingerprint density at radius 2 is 1.62 bits per heavy atom. The number of ketones is 1. The minimum Gasteiger partial charge on any atom is -0.318 e. The summed E-state index contributed by atoms with van der Waals surface area (Å²) < 4.78 is 2.08. The van der Waals surface area contributed by atoms with Gasteiger partial charge in [-0.3, -0.25) is 9.47 Å². The van der Waals surface area contributed by atoms with Crippen molar-refractivity contribution in [3.8, 4) is 0 Å². The van der Waals surface area contributed by atoms with Crippen LogP contribution in [0.15, 0.2) is 91.6 Å². The molecular formula is C26H22N2O. The summed E-state index contributed by atoms with van der Waals surface area (Å²) in [7, 11) is 0. The predicted molar refractivity (Wildman–Crippen MR) is 119 cm³/mol. The second-order valence-electron chi connectivity index (χ2n) is 7.51. The van der Waals surface area contributed by atoms with E-state index in [0.717, 1.165) is 27.8 Å². The fourth-order valence-corrected chi connectivity index (χ4v) is 4.50. The van der Waals surface area contributed by atoms with Crippen LogP contribution in [0.25, 0.3) is 17.0 Å². The monoisotopic (exact) mass is 378 g/mol. The van der Waals surface area contributed by atoms with Crippen LogP contribution in [0.5, 0.6) is 0 Å². The molecule has 0 fully saturated rings. The summed E-state index contributed by atoms with van der Waals surface area (Å²) >= 11 is 0. The second-order valence-corrected chi connectivity index (χ2v) is 7.51. The lowest BCUT2D eigenvalue weighted by Crippen LogP contribution is -2.32. The van der Waals surface area contributed by atoms with E-state index in [1.807, 2.05) is 48.5 Å². The predicted octanol–water partition coefficient (Wildman–Crippen LogP) is 5.94. The van der Waals surface area contributed by atoms with Crippen molar-refractivity contribution in [1.82, 2.24) is 4.68 Å². The van der Waals surface area contributed by atoms with Gasteiger partial charge in [-0.05, 0) is 28.8 Å². The summed E-state index contributed by atoms with van der Waals surface area (Å²) in [6.07, 6.45) is 4.40. The highest BCUT2D eigenvalue weighted by atomic mass is 16.1. The number of para-hydroxylation sites is 1. The first-order chi connectivity index (χ1) is 14.3. The summed E-state index contributed by atoms with van der Waals surface area (Å²) in [5.41, 5.74) is 8.92. The molecule has 1 aromatic heterocycles. The molecule has 5 rings (SSSR count). The Kier molecular flexibility index (Phi) is 4.28. The average molecular weight is 378 g/mol. The Morgan fingerprint density at radius 1 is 0.897 bits per heavy atom. The molecule has 3 nitrogen and oxygen atoms in total. The van der Waals surface area contributed by atoms with Gasteiger partial charge in [0.25, 0.3) is 0 Å². The van der Waals surface area contributed by atoms with E-state index in [2.05, 4.69) is 59.3 Å². The molecule has 1 heterocycles. The molecule has 0 bridgehead atoms. The number of hydrogen-bond acceptors (Lipinski definition) is 2. The molecule has 142 valence electrons. The second kappa shape index (κ2) is 7.10. The van der Waals surface area contributed by atoms with E-state index in [0.29, 0.717) is 6.42 Å². The van der Waals surface area contributed by atoms with E-state index in [9.17, 15) is 4.79 Å². The van der Waals surface area contributed by atoms with Gasteiger partial charge in [0.05, 0.1) is 11.6 Å². The number of Topliss-reactive ketones (excluding diaryl/α,β-unsaturated/α-hetero) is 1. The van der Waals surface area contributed by atoms with Crippen molar-refractivity contribution in [2.75, 3.05) is 5.43 Å². The first-order valence-electron chi connectivity index (χ1n) is 9.92. The third kappa shape index (κ3) is 2.95. The SMILES string of the molecule is C=Cc1ccccc1[C@@H]1CC(=O)c2ccccc2[C@H]1Nn1ccc2ccccc21. The highest BCUT2D eigenvalue weighted by Crippen LogP contribution is 2.43. The molecule has 29 heavy (non-hydrogen) atoms. The third-order valence-electron chi connectivity index (χ3n) is 5.90. The number of hydrogen-bond donors (Lipinski definition) is 1. The van der Waals surface area contributed by atoms with Gasteiger partial charge >= 0.3 is 0 Å². The van der Waals surface area contributed by atoms with Crippen LogP contribution in [-0.4, -0.2) is 10.5 Å². The van der Waals surface area contributed by atoms with E-state index in [1.54, 1.807) is 0 Å². The Bertz CT molecular complexity index is 1220. The molecule has 2 atom stereocenters. The van der Waals surface area contributed by atoms with Crippen molar-refractivity contribution in [2.45, 2.75) is 18.4 Å². The van der Waals surface area contributed by atoms with Gasteiger partial charge in [0.2, 0.25) is 0 Å². The fraction of sp³-hybridized carbons (Fsp3) is 0.115. The lowest BCUT2D eigenvalue weighted by molar-refractivity contribution is 0.0958. The van der Waals surface area contributed by atoms with Crippen LogP contribution in [0, 0.1) is 0 Å². The summed E-state index contributed by atoms with van der Waals surface area (Å²) in [6.45, 7) is 3.98. The van der Waals surface area contributed by atoms with E-state index >= 15 is 0 Å². The third-order valence-corrected chi connectivity index (χ3v) is 5.90. The van der Waals surface area contributed by atoms with Crippen LogP contribution in [-0.2, 0) is 0 Å². The van der Waals surface area contributed by atoms with E-state index in [4.69, 9.17) is 0 Å². The van der Waals surface area contributed by atoms with Gasteiger partial charge < -0.3 is 5.43 Å². The van der Waals surface area contributed by atoms with Gasteiger partial charge in [-0.1, -0.05) is 79.4 Å². The molecule has 1 aliphatic rings. The molecule has 1 aliphatic carbocycles. The van der Waals surface area contributed by atoms with Gasteiger partial charge in [-0.2, -0.15) is 0 Å². The van der Waals surface area contributed by atoms with Crippen LogP contribution >= 0.6 is 0 Å². The van der Waals surface area contributed by atoms with Crippen molar-refractivity contribution in [3.05, 3.63) is 114 Å². The summed E-state index contributed by atoms with van der Waals surface area (Å²) in [5.74, 6) is 0.215. The molecule has 0 unspecified atom stereocenters. The van der Waals surface area contributed by atoms with Crippen LogP contribution in [0.4, 0.5) is 0 Å². The normalized spacial score (nSPS) is 18.4. The topological polar surface area (TPSA) is 34.0 Å². The zero-order valence-electron chi connectivity index (χ0n) is 16.1. The number of aromatic nitrogens is 1. The number of carbonyl (C=O) groups excluding carboxylic acids is 1. The molecule has 0 radical (unpaired) electrons. The largest absolute Gasteiger partial charge is 0.318 e. The van der Waals surface area contributed by atoms with Gasteiger partial charge in [-0.25, -0.2) is 0 Å². The molecular weight excluding hydrogens is 356 g/mol. The Balaban J connectivity index is 1.66. The molecule has 0 saturated carbocycles. The zero-order chi connectivity index (χ0) is 19.8. The lowest BCUT2D eigenvalue weighted by atomic mass is 9.75. The Labute approximate surface area is 170 Å². The van der Waals surface area contributed by atoms with Crippen molar-refractivity contribution in [3.63, 3.8) is 0 Å². The molecule has 4 aromatic rings. The lowest BCUT2D eigenvalue weighted by Gasteiger charge is -2.35. The quantitative estimate of drug-likeness (QED) is 0.477. The number of nitrogens with zero attached hydrogens (tertiary/aromatic N) is 1. The van der Waals surface area contributed by atoms with Crippen LogP contribution < -0.4 is 5.43 Å². The molecule has 0 aliphatic heterocycles. The number of carbonyl (C=O) groups is 1. The van der Waals surface area contributed by atoms with Crippen LogP contribution in [0.2, 0.25) is 0 Å². The summed E-state index contributed by atoms with van der Waals surface area (Å²) in [4.78, 5) is 13.0. The minimum absolute atomic E-state index is 0.0211. The number of benzene rings is 3. The van der Waals surface area contributed by atoms with Crippen molar-refractivity contribution >= 4 is 22.8 Å². The van der Waals surface area contributed by atoms with E-state index < -0.39 is 0 Å². The molecule has 0 spiro atoms. The molecule has 3 heteroatoms. The first-order valence-corrected chi connectivity index (χ1v) is 9.92. The van der Waals surface area contributed by atoms with Crippen molar-refractivity contribution in [1.29, 1.82) is 0 Å². The standard InChI is InChI=1S/C26H22N2O/c1-2-18-9-3-5-11-20(18)23-17-25(29)21-12-6-7-13-22(21)26(23)27-28-16-15-19-10-4-8-14-24(19)28/h2-16,23,26-27H,1,17H2/t23-,26+/m0/s1. The van der Waals surface area contributed by atoms with E-state index in [-0.39, 0.29) is 17.7 Å². The van der Waals surface area contributed by atoms with Gasteiger partial charge in [0.1, 0.15) is 0 Å². The van der Waals surface area contributed by atoms with Gasteiger partial charge in [0.15, 0.2) is 5.78 Å². The Hall–Kier alpha value is -3.59. The summed E-state index contributed by atoms with van der Waals surface area (Å²) in [6, 6.07) is 26.6. The number of fused-ring (bicyclic) bond motifs is 2. The maximum atomic E-state index is 13.0. The highest BCUT2D eigenvalue weighted by Gasteiger charge is 2.36. The van der Waals surface area contributed by atoms with Crippen LogP contribution in [0.3, 0.4) is 0 Å². The fourth-order valence-electron chi connectivity index (χ4n) is 4.50. The zero-order valence-corrected chi connectivity index (χ0v) is 16.1. The van der Waals surface area contributed by atoms with Crippen molar-refractivity contribution in [2.24, 2.45) is 0 Å². The average Bonchev–Trinajstić information content (AvgIpc) is 3.18.